The van der Waals surface area contributed by atoms with E-state index in [1.807, 2.05) is 0 Å². The van der Waals surface area contributed by atoms with Crippen molar-refractivity contribution in [3.63, 3.8) is 0 Å². The predicted molar refractivity (Wildman–Crippen MR) is 80.5 cm³/mol. The van der Waals surface area contributed by atoms with Crippen LogP contribution in [-0.2, 0) is 0 Å². The Balaban J connectivity index is 1.40. The van der Waals surface area contributed by atoms with E-state index >= 15 is 0 Å². The second-order valence-corrected chi connectivity index (χ2v) is 6.12. The summed E-state index contributed by atoms with van der Waals surface area (Å²) in [6.07, 6.45) is 2.60. The summed E-state index contributed by atoms with van der Waals surface area (Å²) >= 11 is 0. The molecule has 0 saturated carbocycles. The van der Waals surface area contributed by atoms with E-state index in [4.69, 9.17) is 0 Å². The van der Waals surface area contributed by atoms with Gasteiger partial charge in [-0.1, -0.05) is 0 Å². The van der Waals surface area contributed by atoms with E-state index in [1.165, 1.54) is 45.6 Å². The standard InChI is InChI=1S/C14H31N5/c1-17-8-3-14(4-9-17)16-6-5-15-7-10-19-12-11-18(2)13-19/h14-16H,3-13H2,1-2H3. The first kappa shape index (κ1) is 15.2. The maximum atomic E-state index is 3.67. The lowest BCUT2D eigenvalue weighted by atomic mass is 10.1. The molecule has 0 radical (unpaired) electrons. The number of likely N-dealkylation sites (N-methyl/N-ethyl adjacent to an activating group) is 1. The molecule has 2 aliphatic heterocycles. The van der Waals surface area contributed by atoms with Crippen LogP contribution in [0.1, 0.15) is 12.8 Å². The molecule has 0 aliphatic carbocycles. The van der Waals surface area contributed by atoms with Crippen molar-refractivity contribution in [3.05, 3.63) is 0 Å². The van der Waals surface area contributed by atoms with E-state index in [0.717, 1.165) is 32.3 Å². The van der Waals surface area contributed by atoms with Gasteiger partial charge in [0.1, 0.15) is 0 Å². The van der Waals surface area contributed by atoms with E-state index < -0.39 is 0 Å². The van der Waals surface area contributed by atoms with Gasteiger partial charge in [0.15, 0.2) is 0 Å². The van der Waals surface area contributed by atoms with Crippen LogP contribution in [0.5, 0.6) is 0 Å². The number of hydrogen-bond acceptors (Lipinski definition) is 5. The lowest BCUT2D eigenvalue weighted by molar-refractivity contribution is 0.234. The van der Waals surface area contributed by atoms with Crippen molar-refractivity contribution in [1.82, 2.24) is 25.3 Å². The van der Waals surface area contributed by atoms with Crippen molar-refractivity contribution in [2.75, 3.05) is 73.1 Å². The second-order valence-electron chi connectivity index (χ2n) is 6.12. The van der Waals surface area contributed by atoms with Crippen LogP contribution in [-0.4, -0.2) is 93.9 Å². The number of piperidine rings is 1. The third-order valence-corrected chi connectivity index (χ3v) is 4.30. The molecule has 5 heteroatoms. The Hall–Kier alpha value is -0.200. The topological polar surface area (TPSA) is 33.8 Å². The lowest BCUT2D eigenvalue weighted by Gasteiger charge is -2.29. The van der Waals surface area contributed by atoms with Gasteiger partial charge in [-0.05, 0) is 40.0 Å². The molecule has 0 bridgehead atoms. The summed E-state index contributed by atoms with van der Waals surface area (Å²) < 4.78 is 0. The highest BCUT2D eigenvalue weighted by atomic mass is 15.4. The van der Waals surface area contributed by atoms with E-state index in [-0.39, 0.29) is 0 Å². The van der Waals surface area contributed by atoms with Gasteiger partial charge in [0.2, 0.25) is 0 Å². The summed E-state index contributed by atoms with van der Waals surface area (Å²) in [6, 6.07) is 0.741. The van der Waals surface area contributed by atoms with Crippen LogP contribution in [0.15, 0.2) is 0 Å². The molecule has 0 aromatic heterocycles. The predicted octanol–water partition coefficient (Wildman–Crippen LogP) is -0.535. The molecule has 2 aliphatic rings. The summed E-state index contributed by atoms with van der Waals surface area (Å²) in [4.78, 5) is 7.31. The van der Waals surface area contributed by atoms with E-state index in [1.54, 1.807) is 0 Å². The van der Waals surface area contributed by atoms with Gasteiger partial charge in [0, 0.05) is 45.3 Å². The third-order valence-electron chi connectivity index (χ3n) is 4.30. The molecule has 0 aromatic rings. The molecule has 0 spiro atoms. The van der Waals surface area contributed by atoms with Crippen LogP contribution in [0.4, 0.5) is 0 Å². The number of nitrogens with zero attached hydrogens (tertiary/aromatic N) is 3. The Morgan fingerprint density at radius 1 is 0.895 bits per heavy atom. The summed E-state index contributed by atoms with van der Waals surface area (Å²) in [5.41, 5.74) is 0. The van der Waals surface area contributed by atoms with E-state index in [0.29, 0.717) is 0 Å². The van der Waals surface area contributed by atoms with Crippen LogP contribution in [0.3, 0.4) is 0 Å². The molecule has 2 rings (SSSR count). The molecular formula is C14H31N5. The second kappa shape index (κ2) is 8.17. The normalized spacial score (nSPS) is 24.3. The minimum Gasteiger partial charge on any atom is -0.314 e. The first-order valence-electron chi connectivity index (χ1n) is 7.77. The van der Waals surface area contributed by atoms with Gasteiger partial charge in [-0.15, -0.1) is 0 Å². The van der Waals surface area contributed by atoms with E-state index in [9.17, 15) is 0 Å². The average Bonchev–Trinajstić information content (AvgIpc) is 2.81. The van der Waals surface area contributed by atoms with Gasteiger partial charge < -0.3 is 15.5 Å². The molecule has 0 unspecified atom stereocenters. The maximum absolute atomic E-state index is 3.67. The van der Waals surface area contributed by atoms with Crippen LogP contribution < -0.4 is 10.6 Å². The van der Waals surface area contributed by atoms with E-state index in [2.05, 4.69) is 39.4 Å². The Morgan fingerprint density at radius 2 is 1.68 bits per heavy atom. The molecule has 2 heterocycles. The fraction of sp³-hybridized carbons (Fsp3) is 1.00. The summed E-state index contributed by atoms with van der Waals surface area (Å²) in [6.45, 7) is 10.6. The zero-order valence-electron chi connectivity index (χ0n) is 12.7. The maximum Gasteiger partial charge on any atom is 0.0504 e. The summed E-state index contributed by atoms with van der Waals surface area (Å²) in [5.74, 6) is 0. The summed E-state index contributed by atoms with van der Waals surface area (Å²) in [7, 11) is 4.41. The van der Waals surface area contributed by atoms with Crippen LogP contribution in [0, 0.1) is 0 Å². The van der Waals surface area contributed by atoms with Gasteiger partial charge in [-0.3, -0.25) is 9.80 Å². The van der Waals surface area contributed by atoms with Crippen LogP contribution >= 0.6 is 0 Å². The molecule has 5 nitrogen and oxygen atoms in total. The SMILES string of the molecule is CN1CCC(NCCNCCN2CCN(C)C2)CC1. The Bertz CT molecular complexity index is 240. The van der Waals surface area contributed by atoms with Gasteiger partial charge in [-0.25, -0.2) is 0 Å². The number of nitrogens with one attached hydrogen (secondary N) is 2. The molecule has 2 saturated heterocycles. The average molecular weight is 269 g/mol. The lowest BCUT2D eigenvalue weighted by Crippen LogP contribution is -2.43. The minimum absolute atomic E-state index is 0.741. The third kappa shape index (κ3) is 5.75. The zero-order chi connectivity index (χ0) is 13.5. The zero-order valence-corrected chi connectivity index (χ0v) is 12.7. The molecule has 112 valence electrons. The van der Waals surface area contributed by atoms with Crippen molar-refractivity contribution >= 4 is 0 Å². The Morgan fingerprint density at radius 3 is 2.37 bits per heavy atom. The fourth-order valence-electron chi connectivity index (χ4n) is 2.92. The molecule has 0 amide bonds. The molecule has 2 fully saturated rings. The highest BCUT2D eigenvalue weighted by molar-refractivity contribution is 4.75. The van der Waals surface area contributed by atoms with Crippen LogP contribution in [0.25, 0.3) is 0 Å². The quantitative estimate of drug-likeness (QED) is 0.607. The van der Waals surface area contributed by atoms with Crippen LogP contribution in [0.2, 0.25) is 0 Å². The van der Waals surface area contributed by atoms with Gasteiger partial charge in [0.05, 0.1) is 6.67 Å². The Kier molecular flexibility index (Phi) is 6.53. The number of likely N-dealkylation sites (tertiary alicyclic amines) is 1. The molecule has 0 aromatic carbocycles. The first-order valence-corrected chi connectivity index (χ1v) is 7.77. The van der Waals surface area contributed by atoms with Crippen molar-refractivity contribution < 1.29 is 0 Å². The van der Waals surface area contributed by atoms with Crippen molar-refractivity contribution in [1.29, 1.82) is 0 Å². The molecule has 2 N–H and O–H groups in total. The fourth-order valence-corrected chi connectivity index (χ4v) is 2.92. The highest BCUT2D eigenvalue weighted by Gasteiger charge is 2.16. The van der Waals surface area contributed by atoms with Gasteiger partial charge in [0.25, 0.3) is 0 Å². The monoisotopic (exact) mass is 269 g/mol. The summed E-state index contributed by atoms with van der Waals surface area (Å²) in [5, 5.41) is 7.21. The largest absolute Gasteiger partial charge is 0.314 e. The Labute approximate surface area is 118 Å². The first-order chi connectivity index (χ1) is 9.24. The van der Waals surface area contributed by atoms with Gasteiger partial charge >= 0.3 is 0 Å². The molecular weight excluding hydrogens is 238 g/mol. The minimum atomic E-state index is 0.741. The van der Waals surface area contributed by atoms with Gasteiger partial charge in [-0.2, -0.15) is 0 Å². The smallest absolute Gasteiger partial charge is 0.0504 e. The number of hydrogen-bond donors (Lipinski definition) is 2. The van der Waals surface area contributed by atoms with Crippen molar-refractivity contribution in [2.24, 2.45) is 0 Å². The highest BCUT2D eigenvalue weighted by Crippen LogP contribution is 2.07. The van der Waals surface area contributed by atoms with Crippen molar-refractivity contribution in [2.45, 2.75) is 18.9 Å². The van der Waals surface area contributed by atoms with Crippen molar-refractivity contribution in [3.8, 4) is 0 Å². The molecule has 0 atom stereocenters. The number of rotatable bonds is 7. The molecule has 19 heavy (non-hydrogen) atoms.